The van der Waals surface area contributed by atoms with Crippen LogP contribution in [0, 0.1) is 6.92 Å². The van der Waals surface area contributed by atoms with Gasteiger partial charge in [-0.3, -0.25) is 0 Å². The van der Waals surface area contributed by atoms with Crippen molar-refractivity contribution in [1.82, 2.24) is 14.3 Å². The fourth-order valence-electron chi connectivity index (χ4n) is 3.27. The number of aromatic nitrogens is 2. The van der Waals surface area contributed by atoms with E-state index in [0.717, 1.165) is 5.82 Å². The number of aryl methyl sites for hydroxylation is 1. The van der Waals surface area contributed by atoms with Crippen molar-refractivity contribution >= 4 is 15.8 Å². The van der Waals surface area contributed by atoms with Crippen molar-refractivity contribution in [3.8, 4) is 17.4 Å². The molecule has 1 saturated heterocycles. The topological polar surface area (TPSA) is 94.1 Å². The molecule has 1 aliphatic rings. The molecule has 0 aliphatic carbocycles. The van der Waals surface area contributed by atoms with Crippen LogP contribution in [0.25, 0.3) is 0 Å². The summed E-state index contributed by atoms with van der Waals surface area (Å²) in [4.78, 5) is 10.9. The van der Waals surface area contributed by atoms with Crippen LogP contribution in [0.2, 0.25) is 0 Å². The standard InChI is InChI=1S/C20H28N4O5S/c1-14(2)29-20-13-19(21-15(3)22-20)23-8-10-24(11-9-23)30(25,26)18-12-16(27-4)6-7-17(18)28-5/h6-7,12-14H,8-11H2,1-5H3. The molecule has 9 nitrogen and oxygen atoms in total. The van der Waals surface area contributed by atoms with Gasteiger partial charge < -0.3 is 19.1 Å². The molecule has 10 heteroatoms. The van der Waals surface area contributed by atoms with Crippen LogP contribution < -0.4 is 19.1 Å². The van der Waals surface area contributed by atoms with Gasteiger partial charge in [0.2, 0.25) is 15.9 Å². The van der Waals surface area contributed by atoms with E-state index in [1.807, 2.05) is 25.7 Å². The highest BCUT2D eigenvalue weighted by Crippen LogP contribution is 2.31. The fraction of sp³-hybridized carbons (Fsp3) is 0.500. The molecule has 1 fully saturated rings. The van der Waals surface area contributed by atoms with Crippen LogP contribution in [0.1, 0.15) is 19.7 Å². The van der Waals surface area contributed by atoms with E-state index in [1.165, 1.54) is 24.6 Å². The van der Waals surface area contributed by atoms with E-state index < -0.39 is 10.0 Å². The molecule has 0 unspecified atom stereocenters. The molecule has 2 heterocycles. The number of anilines is 1. The van der Waals surface area contributed by atoms with E-state index in [4.69, 9.17) is 14.2 Å². The molecule has 0 atom stereocenters. The van der Waals surface area contributed by atoms with Gasteiger partial charge in [0.15, 0.2) is 0 Å². The summed E-state index contributed by atoms with van der Waals surface area (Å²) in [6, 6.07) is 6.55. The lowest BCUT2D eigenvalue weighted by atomic mass is 10.3. The normalized spacial score (nSPS) is 15.3. The van der Waals surface area contributed by atoms with E-state index >= 15 is 0 Å². The first kappa shape index (κ1) is 22.1. The van der Waals surface area contributed by atoms with Gasteiger partial charge in [0.05, 0.1) is 20.3 Å². The number of benzene rings is 1. The number of hydrogen-bond donors (Lipinski definition) is 0. The van der Waals surface area contributed by atoms with E-state index in [1.54, 1.807) is 18.2 Å². The maximum absolute atomic E-state index is 13.2. The zero-order valence-electron chi connectivity index (χ0n) is 18.0. The van der Waals surface area contributed by atoms with Crippen molar-refractivity contribution in [3.63, 3.8) is 0 Å². The Kier molecular flexibility index (Phi) is 6.67. The third-order valence-electron chi connectivity index (χ3n) is 4.71. The molecular weight excluding hydrogens is 408 g/mol. The van der Waals surface area contributed by atoms with E-state index in [2.05, 4.69) is 9.97 Å². The first-order valence-corrected chi connectivity index (χ1v) is 11.2. The van der Waals surface area contributed by atoms with E-state index in [9.17, 15) is 8.42 Å². The second-order valence-electron chi connectivity index (χ2n) is 7.19. The van der Waals surface area contributed by atoms with Crippen LogP contribution >= 0.6 is 0 Å². The van der Waals surface area contributed by atoms with Gasteiger partial charge in [0.1, 0.15) is 28.0 Å². The highest BCUT2D eigenvalue weighted by Gasteiger charge is 2.32. The van der Waals surface area contributed by atoms with Gasteiger partial charge >= 0.3 is 0 Å². The number of sulfonamides is 1. The summed E-state index contributed by atoms with van der Waals surface area (Å²) in [6.45, 7) is 7.35. The van der Waals surface area contributed by atoms with Crippen LogP contribution in [0.3, 0.4) is 0 Å². The average molecular weight is 437 g/mol. The van der Waals surface area contributed by atoms with Gasteiger partial charge in [-0.05, 0) is 32.9 Å². The Labute approximate surface area is 177 Å². The summed E-state index contributed by atoms with van der Waals surface area (Å²) in [5.41, 5.74) is 0. The minimum absolute atomic E-state index is 0.00647. The summed E-state index contributed by atoms with van der Waals surface area (Å²) < 4.78 is 44.1. The number of methoxy groups -OCH3 is 2. The van der Waals surface area contributed by atoms with Crippen LogP contribution in [0.5, 0.6) is 17.4 Å². The molecule has 0 saturated carbocycles. The lowest BCUT2D eigenvalue weighted by Gasteiger charge is -2.35. The second-order valence-corrected chi connectivity index (χ2v) is 9.09. The van der Waals surface area contributed by atoms with Gasteiger partial charge in [-0.1, -0.05) is 0 Å². The highest BCUT2D eigenvalue weighted by molar-refractivity contribution is 7.89. The average Bonchev–Trinajstić information content (AvgIpc) is 2.72. The van der Waals surface area contributed by atoms with Crippen molar-refractivity contribution < 1.29 is 22.6 Å². The van der Waals surface area contributed by atoms with Crippen LogP contribution in [-0.2, 0) is 10.0 Å². The van der Waals surface area contributed by atoms with Gasteiger partial charge in [0.25, 0.3) is 0 Å². The van der Waals surface area contributed by atoms with Crippen LogP contribution in [0.15, 0.2) is 29.2 Å². The van der Waals surface area contributed by atoms with Gasteiger partial charge in [-0.15, -0.1) is 0 Å². The Morgan fingerprint density at radius 2 is 1.70 bits per heavy atom. The molecule has 0 bridgehead atoms. The van der Waals surface area contributed by atoms with Crippen molar-refractivity contribution in [2.75, 3.05) is 45.3 Å². The third-order valence-corrected chi connectivity index (χ3v) is 6.63. The SMILES string of the molecule is COc1ccc(OC)c(S(=O)(=O)N2CCN(c3cc(OC(C)C)nc(C)n3)CC2)c1. The molecule has 164 valence electrons. The molecule has 0 amide bonds. The van der Waals surface area contributed by atoms with Crippen molar-refractivity contribution in [3.05, 3.63) is 30.1 Å². The molecule has 0 spiro atoms. The number of rotatable bonds is 7. The number of ether oxygens (including phenoxy) is 3. The van der Waals surface area contributed by atoms with Crippen LogP contribution in [0.4, 0.5) is 5.82 Å². The maximum Gasteiger partial charge on any atom is 0.247 e. The van der Waals surface area contributed by atoms with Gasteiger partial charge in [-0.2, -0.15) is 9.29 Å². The predicted molar refractivity (Wildman–Crippen MR) is 113 cm³/mol. The smallest absolute Gasteiger partial charge is 0.247 e. The zero-order chi connectivity index (χ0) is 21.9. The molecule has 30 heavy (non-hydrogen) atoms. The zero-order valence-corrected chi connectivity index (χ0v) is 18.8. The summed E-state index contributed by atoms with van der Waals surface area (Å²) >= 11 is 0. The lowest BCUT2D eigenvalue weighted by Crippen LogP contribution is -2.49. The molecule has 3 rings (SSSR count). The first-order valence-electron chi connectivity index (χ1n) is 9.74. The minimum atomic E-state index is -3.73. The van der Waals surface area contributed by atoms with Gasteiger partial charge in [-0.25, -0.2) is 13.4 Å². The Balaban J connectivity index is 1.78. The highest BCUT2D eigenvalue weighted by atomic mass is 32.2. The maximum atomic E-state index is 13.2. The van der Waals surface area contributed by atoms with Crippen molar-refractivity contribution in [2.24, 2.45) is 0 Å². The minimum Gasteiger partial charge on any atom is -0.497 e. The molecule has 1 aromatic heterocycles. The largest absolute Gasteiger partial charge is 0.497 e. The molecule has 0 N–H and O–H groups in total. The number of hydrogen-bond acceptors (Lipinski definition) is 8. The second kappa shape index (κ2) is 9.05. The molecule has 1 aromatic carbocycles. The van der Waals surface area contributed by atoms with Crippen molar-refractivity contribution in [1.29, 1.82) is 0 Å². The van der Waals surface area contributed by atoms with E-state index in [-0.39, 0.29) is 11.0 Å². The first-order chi connectivity index (χ1) is 14.2. The molecule has 2 aromatic rings. The summed E-state index contributed by atoms with van der Waals surface area (Å²) in [5.74, 6) is 2.61. The summed E-state index contributed by atoms with van der Waals surface area (Å²) in [7, 11) is -0.782. The van der Waals surface area contributed by atoms with Gasteiger partial charge in [0, 0.05) is 38.3 Å². The Bertz CT molecular complexity index is 989. The number of nitrogens with zero attached hydrogens (tertiary/aromatic N) is 4. The van der Waals surface area contributed by atoms with Crippen molar-refractivity contribution in [2.45, 2.75) is 31.8 Å². The molecule has 1 aliphatic heterocycles. The quantitative estimate of drug-likeness (QED) is 0.651. The Morgan fingerprint density at radius 1 is 1.00 bits per heavy atom. The summed E-state index contributed by atoms with van der Waals surface area (Å²) in [6.07, 6.45) is 0.00647. The molecule has 0 radical (unpaired) electrons. The predicted octanol–water partition coefficient (Wildman–Crippen LogP) is 2.10. The van der Waals surface area contributed by atoms with E-state index in [0.29, 0.717) is 49.4 Å². The Morgan fingerprint density at radius 3 is 2.30 bits per heavy atom. The third kappa shape index (κ3) is 4.76. The molecular formula is C20H28N4O5S. The summed E-state index contributed by atoms with van der Waals surface area (Å²) in [5, 5.41) is 0. The monoisotopic (exact) mass is 436 g/mol. The lowest BCUT2D eigenvalue weighted by molar-refractivity contribution is 0.231. The Hall–Kier alpha value is -2.59. The fourth-order valence-corrected chi connectivity index (χ4v) is 4.86. The number of piperazine rings is 1. The van der Waals surface area contributed by atoms with Crippen LogP contribution in [-0.4, -0.2) is 69.2 Å².